The molecule has 3 rings (SSSR count). The lowest BCUT2D eigenvalue weighted by Gasteiger charge is -2.06. The second-order valence-electron chi connectivity index (χ2n) is 4.13. The van der Waals surface area contributed by atoms with E-state index in [1.807, 2.05) is 26.0 Å². The Kier molecular flexibility index (Phi) is 2.24. The van der Waals surface area contributed by atoms with Crippen molar-refractivity contribution in [1.82, 2.24) is 19.8 Å². The van der Waals surface area contributed by atoms with Gasteiger partial charge in [-0.25, -0.2) is 0 Å². The van der Waals surface area contributed by atoms with E-state index in [0.29, 0.717) is 11.4 Å². The molecule has 0 bridgehead atoms. The molecule has 0 saturated carbocycles. The number of aromatic nitrogens is 4. The van der Waals surface area contributed by atoms with Crippen LogP contribution in [0.4, 0.5) is 11.4 Å². The fraction of sp³-hybridized carbons (Fsp3) is 0.182. The van der Waals surface area contributed by atoms with Crippen LogP contribution in [-0.2, 0) is 0 Å². The minimum Gasteiger partial charge on any atom is -0.398 e. The Balaban J connectivity index is 2.19. The Morgan fingerprint density at radius 1 is 1.11 bits per heavy atom. The highest BCUT2D eigenvalue weighted by molar-refractivity contribution is 7.19. The third-order valence-corrected chi connectivity index (χ3v) is 3.83. The third-order valence-electron chi connectivity index (χ3n) is 2.88. The van der Waals surface area contributed by atoms with Crippen LogP contribution in [0.3, 0.4) is 0 Å². The molecule has 6 nitrogen and oxygen atoms in total. The molecule has 0 saturated heterocycles. The molecule has 4 N–H and O–H groups in total. The van der Waals surface area contributed by atoms with Crippen molar-refractivity contribution >= 4 is 27.7 Å². The molecule has 0 radical (unpaired) electrons. The molecule has 0 aliphatic carbocycles. The van der Waals surface area contributed by atoms with Crippen molar-refractivity contribution in [3.8, 4) is 10.6 Å². The zero-order chi connectivity index (χ0) is 12.9. The van der Waals surface area contributed by atoms with E-state index in [2.05, 4.69) is 15.3 Å². The van der Waals surface area contributed by atoms with E-state index in [1.165, 1.54) is 11.3 Å². The summed E-state index contributed by atoms with van der Waals surface area (Å²) in [4.78, 5) is 0.764. The molecule has 0 atom stereocenters. The Labute approximate surface area is 107 Å². The van der Waals surface area contributed by atoms with Crippen molar-refractivity contribution in [2.24, 2.45) is 0 Å². The fourth-order valence-electron chi connectivity index (χ4n) is 1.71. The standard InChI is InChI=1S/C11H12N6S/c1-5-8(12)3-7(4-9(5)13)10-16-17-6(2)14-15-11(17)18-10/h3-4H,12-13H2,1-2H3. The van der Waals surface area contributed by atoms with E-state index in [1.54, 1.807) is 4.52 Å². The molecule has 0 spiro atoms. The van der Waals surface area contributed by atoms with Crippen LogP contribution in [0.1, 0.15) is 11.4 Å². The van der Waals surface area contributed by atoms with Crippen LogP contribution < -0.4 is 11.5 Å². The number of hydrogen-bond donors (Lipinski definition) is 2. The predicted octanol–water partition coefficient (Wildman–Crippen LogP) is 1.63. The minimum absolute atomic E-state index is 0.674. The monoisotopic (exact) mass is 260 g/mol. The maximum Gasteiger partial charge on any atom is 0.234 e. The summed E-state index contributed by atoms with van der Waals surface area (Å²) in [6.45, 7) is 3.76. The summed E-state index contributed by atoms with van der Waals surface area (Å²) in [6.07, 6.45) is 0. The van der Waals surface area contributed by atoms with Crippen molar-refractivity contribution in [2.75, 3.05) is 11.5 Å². The van der Waals surface area contributed by atoms with Gasteiger partial charge in [0.15, 0.2) is 5.82 Å². The van der Waals surface area contributed by atoms with Crippen LogP contribution in [0.2, 0.25) is 0 Å². The van der Waals surface area contributed by atoms with Gasteiger partial charge < -0.3 is 11.5 Å². The Hall–Kier alpha value is -2.15. The van der Waals surface area contributed by atoms with E-state index in [-0.39, 0.29) is 0 Å². The molecular weight excluding hydrogens is 248 g/mol. The molecule has 18 heavy (non-hydrogen) atoms. The van der Waals surface area contributed by atoms with Gasteiger partial charge in [0.05, 0.1) is 0 Å². The highest BCUT2D eigenvalue weighted by Gasteiger charge is 2.12. The number of benzene rings is 1. The molecule has 92 valence electrons. The van der Waals surface area contributed by atoms with Crippen molar-refractivity contribution in [3.63, 3.8) is 0 Å². The molecule has 0 amide bonds. The van der Waals surface area contributed by atoms with Crippen LogP contribution in [0.5, 0.6) is 0 Å². The molecule has 0 aliphatic rings. The molecule has 2 heterocycles. The molecule has 2 aromatic heterocycles. The SMILES string of the molecule is Cc1c(N)cc(-c2nn3c(C)nnc3s2)cc1N. The lowest BCUT2D eigenvalue weighted by molar-refractivity contribution is 0.898. The predicted molar refractivity (Wildman–Crippen MR) is 72.4 cm³/mol. The summed E-state index contributed by atoms with van der Waals surface area (Å²) in [6, 6.07) is 3.76. The summed E-state index contributed by atoms with van der Waals surface area (Å²) in [5.41, 5.74) is 15.0. The minimum atomic E-state index is 0.674. The maximum atomic E-state index is 5.92. The Bertz CT molecular complexity index is 718. The zero-order valence-corrected chi connectivity index (χ0v) is 10.8. The number of rotatable bonds is 1. The number of fused-ring (bicyclic) bond motifs is 1. The van der Waals surface area contributed by atoms with Gasteiger partial charge in [-0.05, 0) is 31.5 Å². The average Bonchev–Trinajstić information content (AvgIpc) is 2.88. The first-order valence-corrected chi connectivity index (χ1v) is 6.22. The summed E-state index contributed by atoms with van der Waals surface area (Å²) in [7, 11) is 0. The van der Waals surface area contributed by atoms with Crippen LogP contribution in [0, 0.1) is 13.8 Å². The second-order valence-corrected chi connectivity index (χ2v) is 5.08. The van der Waals surface area contributed by atoms with E-state index in [0.717, 1.165) is 26.9 Å². The van der Waals surface area contributed by atoms with Gasteiger partial charge in [0.1, 0.15) is 5.01 Å². The summed E-state index contributed by atoms with van der Waals surface area (Å²) in [5.74, 6) is 0.764. The van der Waals surface area contributed by atoms with Crippen LogP contribution in [0.15, 0.2) is 12.1 Å². The molecule has 3 aromatic rings. The zero-order valence-electron chi connectivity index (χ0n) is 10.0. The van der Waals surface area contributed by atoms with E-state index in [4.69, 9.17) is 11.5 Å². The molecule has 0 aliphatic heterocycles. The lowest BCUT2D eigenvalue weighted by atomic mass is 10.1. The number of hydrogen-bond acceptors (Lipinski definition) is 6. The van der Waals surface area contributed by atoms with Gasteiger partial charge in [0.25, 0.3) is 0 Å². The molecule has 0 unspecified atom stereocenters. The number of anilines is 2. The summed E-state index contributed by atoms with van der Waals surface area (Å²) < 4.78 is 1.71. The maximum absolute atomic E-state index is 5.92. The quantitative estimate of drug-likeness (QED) is 0.648. The van der Waals surface area contributed by atoms with E-state index < -0.39 is 0 Å². The molecule has 1 aromatic carbocycles. The first-order valence-electron chi connectivity index (χ1n) is 5.41. The lowest BCUT2D eigenvalue weighted by Crippen LogP contribution is -1.97. The van der Waals surface area contributed by atoms with Gasteiger partial charge in [-0.1, -0.05) is 11.3 Å². The summed E-state index contributed by atoms with van der Waals surface area (Å²) in [5, 5.41) is 13.3. The highest BCUT2D eigenvalue weighted by Crippen LogP contribution is 2.31. The highest BCUT2D eigenvalue weighted by atomic mass is 32.1. The van der Waals surface area contributed by atoms with Crippen molar-refractivity contribution < 1.29 is 0 Å². The largest absolute Gasteiger partial charge is 0.398 e. The van der Waals surface area contributed by atoms with Gasteiger partial charge in [-0.3, -0.25) is 0 Å². The van der Waals surface area contributed by atoms with E-state index in [9.17, 15) is 0 Å². The number of nitrogens with zero attached hydrogens (tertiary/aromatic N) is 4. The van der Waals surface area contributed by atoms with Gasteiger partial charge in [-0.2, -0.15) is 9.61 Å². The smallest absolute Gasteiger partial charge is 0.234 e. The van der Waals surface area contributed by atoms with Gasteiger partial charge >= 0.3 is 0 Å². The van der Waals surface area contributed by atoms with Crippen molar-refractivity contribution in [1.29, 1.82) is 0 Å². The Morgan fingerprint density at radius 2 is 1.78 bits per heavy atom. The fourth-order valence-corrected chi connectivity index (χ4v) is 2.59. The molecule has 7 heteroatoms. The van der Waals surface area contributed by atoms with Crippen LogP contribution in [0.25, 0.3) is 15.5 Å². The van der Waals surface area contributed by atoms with Crippen LogP contribution in [-0.4, -0.2) is 19.8 Å². The topological polar surface area (TPSA) is 95.1 Å². The second kappa shape index (κ2) is 3.67. The van der Waals surface area contributed by atoms with Gasteiger partial charge in [0.2, 0.25) is 4.96 Å². The number of nitrogen functional groups attached to an aromatic ring is 2. The van der Waals surface area contributed by atoms with Gasteiger partial charge in [0, 0.05) is 16.9 Å². The Morgan fingerprint density at radius 3 is 2.39 bits per heavy atom. The first-order chi connectivity index (χ1) is 8.56. The number of aryl methyl sites for hydroxylation is 1. The molecular formula is C11H12N6S. The van der Waals surface area contributed by atoms with E-state index >= 15 is 0 Å². The number of nitrogens with two attached hydrogens (primary N) is 2. The van der Waals surface area contributed by atoms with Crippen molar-refractivity contribution in [2.45, 2.75) is 13.8 Å². The first kappa shape index (κ1) is 11.0. The van der Waals surface area contributed by atoms with Crippen molar-refractivity contribution in [3.05, 3.63) is 23.5 Å². The average molecular weight is 260 g/mol. The normalized spacial score (nSPS) is 11.2. The molecule has 0 fully saturated rings. The van der Waals surface area contributed by atoms with Gasteiger partial charge in [-0.15, -0.1) is 10.2 Å². The van der Waals surface area contributed by atoms with Crippen LogP contribution >= 0.6 is 11.3 Å². The summed E-state index contributed by atoms with van der Waals surface area (Å²) >= 11 is 1.46. The third kappa shape index (κ3) is 1.52.